The summed E-state index contributed by atoms with van der Waals surface area (Å²) < 4.78 is 76.4. The van der Waals surface area contributed by atoms with Crippen LogP contribution in [0.25, 0.3) is 0 Å². The molecule has 0 bridgehead atoms. The SMILES string of the molecule is [2H]c1c([2H])c([C@]2([2H])O[C@]([2H])(CO)[C@@]([2H])(O)[C@]([2H])(O)[C@@]2([2H])O)c([2H])c(Cc2ccc(OCC)cc2)c1Cl. The lowest BCUT2D eigenvalue weighted by molar-refractivity contribution is -0.231. The summed E-state index contributed by atoms with van der Waals surface area (Å²) in [4.78, 5) is 0. The largest absolute Gasteiger partial charge is 0.494 e. The van der Waals surface area contributed by atoms with Gasteiger partial charge in [0.05, 0.1) is 24.2 Å². The number of benzene rings is 2. The van der Waals surface area contributed by atoms with E-state index in [-0.39, 0.29) is 17.0 Å². The molecule has 0 spiro atoms. The maximum absolute atomic E-state index is 10.8. The first-order chi connectivity index (χ1) is 16.4. The van der Waals surface area contributed by atoms with Gasteiger partial charge in [0.2, 0.25) is 0 Å². The zero-order valence-corrected chi connectivity index (χ0v) is 15.7. The lowest BCUT2D eigenvalue weighted by Crippen LogP contribution is -2.55. The molecule has 0 radical (unpaired) electrons. The van der Waals surface area contributed by atoms with Gasteiger partial charge in [-0.1, -0.05) is 35.8 Å². The second-order valence-corrected chi connectivity index (χ2v) is 6.23. The molecule has 4 N–H and O–H groups in total. The third-order valence-corrected chi connectivity index (χ3v) is 4.30. The second kappa shape index (κ2) is 9.22. The molecule has 1 saturated heterocycles. The number of rotatable bonds is 6. The van der Waals surface area contributed by atoms with Crippen LogP contribution in [0.1, 0.15) is 40.7 Å². The number of halogens is 1. The van der Waals surface area contributed by atoms with E-state index in [1.807, 2.05) is 0 Å². The molecule has 1 aliphatic rings. The van der Waals surface area contributed by atoms with Gasteiger partial charge in [-0.3, -0.25) is 0 Å². The van der Waals surface area contributed by atoms with Crippen LogP contribution in [0.5, 0.6) is 5.75 Å². The zero-order chi connectivity index (χ0) is 27.5. The van der Waals surface area contributed by atoms with Gasteiger partial charge in [0.15, 0.2) is 0 Å². The van der Waals surface area contributed by atoms with Gasteiger partial charge in [0, 0.05) is 5.02 Å². The Morgan fingerprint density at radius 1 is 1.14 bits per heavy atom. The maximum Gasteiger partial charge on any atom is 0.119 e. The number of aliphatic hydroxyl groups excluding tert-OH is 1. The number of aliphatic hydroxyl groups is 4. The van der Waals surface area contributed by atoms with Gasteiger partial charge in [0.1, 0.15) is 36.1 Å². The van der Waals surface area contributed by atoms with Crippen LogP contribution in [-0.4, -0.2) is 58.0 Å². The Hall–Kier alpha value is -1.67. The topological polar surface area (TPSA) is 99.4 Å². The molecular formula is C21H25ClO6. The van der Waals surface area contributed by atoms with Crippen LogP contribution in [0.4, 0.5) is 0 Å². The minimum absolute atomic E-state index is 0.130. The molecule has 2 aromatic rings. The number of hydrogen-bond acceptors (Lipinski definition) is 6. The molecule has 0 aliphatic carbocycles. The molecule has 1 heterocycles. The van der Waals surface area contributed by atoms with E-state index >= 15 is 0 Å². The van der Waals surface area contributed by atoms with E-state index in [4.69, 9.17) is 32.0 Å². The minimum Gasteiger partial charge on any atom is -0.494 e. The summed E-state index contributed by atoms with van der Waals surface area (Å²) in [6.07, 6.45) is -19.0. The standard InChI is InChI=1S/C21H25ClO6/c1-2-27-15-6-3-12(4-7-15)9-14-10-13(5-8-16(14)22)21-20(26)19(25)18(24)17(11-23)28-21/h3-8,10,17-21,23-26H,2,9,11H2,1H3/t17-,18-,19+,20-,21+/m1/s1/i5D,8D,10D,17D,18D,19D,20D,21D. The Kier molecular flexibility index (Phi) is 4.21. The lowest BCUT2D eigenvalue weighted by Gasteiger charge is -2.40. The molecule has 0 unspecified atom stereocenters. The Morgan fingerprint density at radius 2 is 1.86 bits per heavy atom. The quantitative estimate of drug-likeness (QED) is 0.573. The number of ether oxygens (including phenoxy) is 2. The van der Waals surface area contributed by atoms with Crippen LogP contribution < -0.4 is 4.74 Å². The molecule has 3 rings (SSSR count). The molecule has 7 heteroatoms. The first-order valence-corrected chi connectivity index (χ1v) is 8.79. The average Bonchev–Trinajstić information content (AvgIpc) is 2.80. The Bertz CT molecular complexity index is 1160. The fourth-order valence-corrected chi connectivity index (χ4v) is 2.75. The molecule has 0 saturated carbocycles. The highest BCUT2D eigenvalue weighted by atomic mass is 35.5. The van der Waals surface area contributed by atoms with E-state index < -0.39 is 60.7 Å². The van der Waals surface area contributed by atoms with E-state index in [0.29, 0.717) is 17.9 Å². The molecule has 1 fully saturated rings. The highest BCUT2D eigenvalue weighted by Crippen LogP contribution is 2.34. The normalized spacial score (nSPS) is 44.8. The Morgan fingerprint density at radius 3 is 2.50 bits per heavy atom. The Balaban J connectivity index is 2.26. The smallest absolute Gasteiger partial charge is 0.119 e. The van der Waals surface area contributed by atoms with Crippen molar-refractivity contribution >= 4 is 11.6 Å². The highest BCUT2D eigenvalue weighted by molar-refractivity contribution is 6.31. The van der Waals surface area contributed by atoms with Gasteiger partial charge in [-0.25, -0.2) is 0 Å². The zero-order valence-electron chi connectivity index (χ0n) is 22.9. The summed E-state index contributed by atoms with van der Waals surface area (Å²) in [5, 5.41) is 40.9. The molecule has 5 atom stereocenters. The molecule has 6 nitrogen and oxygen atoms in total. The molecular weight excluding hydrogens is 384 g/mol. The minimum atomic E-state index is -4.07. The fourth-order valence-electron chi connectivity index (χ4n) is 2.59. The van der Waals surface area contributed by atoms with Crippen molar-refractivity contribution in [3.63, 3.8) is 0 Å². The summed E-state index contributed by atoms with van der Waals surface area (Å²) >= 11 is 6.25. The van der Waals surface area contributed by atoms with Crippen molar-refractivity contribution in [2.24, 2.45) is 0 Å². The molecule has 1 aliphatic heterocycles. The van der Waals surface area contributed by atoms with Gasteiger partial charge in [-0.2, -0.15) is 0 Å². The Labute approximate surface area is 180 Å². The third kappa shape index (κ3) is 4.49. The summed E-state index contributed by atoms with van der Waals surface area (Å²) in [6, 6.07) is 4.04. The van der Waals surface area contributed by atoms with E-state index in [9.17, 15) is 20.4 Å². The summed E-state index contributed by atoms with van der Waals surface area (Å²) in [5.74, 6) is 0.565. The van der Waals surface area contributed by atoms with Crippen LogP contribution in [-0.2, 0) is 11.2 Å². The van der Waals surface area contributed by atoms with Crippen molar-refractivity contribution < 1.29 is 40.9 Å². The van der Waals surface area contributed by atoms with Crippen molar-refractivity contribution in [2.75, 3.05) is 13.2 Å². The van der Waals surface area contributed by atoms with Crippen molar-refractivity contribution in [3.05, 3.63) is 64.1 Å². The van der Waals surface area contributed by atoms with Gasteiger partial charge in [-0.15, -0.1) is 0 Å². The predicted octanol–water partition coefficient (Wildman–Crippen LogP) is 1.84. The van der Waals surface area contributed by atoms with Crippen molar-refractivity contribution in [1.82, 2.24) is 0 Å². The predicted molar refractivity (Wildman–Crippen MR) is 105 cm³/mol. The monoisotopic (exact) mass is 416 g/mol. The van der Waals surface area contributed by atoms with Crippen molar-refractivity contribution in [3.8, 4) is 5.75 Å². The molecule has 0 amide bonds. The fraction of sp³-hybridized carbons (Fsp3) is 0.429. The van der Waals surface area contributed by atoms with Gasteiger partial charge in [0.25, 0.3) is 0 Å². The molecule has 2 aromatic carbocycles. The van der Waals surface area contributed by atoms with Crippen LogP contribution in [0.3, 0.4) is 0 Å². The van der Waals surface area contributed by atoms with Crippen molar-refractivity contribution in [1.29, 1.82) is 0 Å². The average molecular weight is 417 g/mol. The summed E-state index contributed by atoms with van der Waals surface area (Å²) in [7, 11) is 0. The van der Waals surface area contributed by atoms with Gasteiger partial charge in [-0.05, 0) is 48.2 Å². The first kappa shape index (κ1) is 12.8. The van der Waals surface area contributed by atoms with Crippen molar-refractivity contribution in [2.45, 2.75) is 43.7 Å². The lowest BCUT2D eigenvalue weighted by atomic mass is 9.90. The summed E-state index contributed by atoms with van der Waals surface area (Å²) in [6.45, 7) is 0.659. The van der Waals surface area contributed by atoms with E-state index in [2.05, 4.69) is 0 Å². The van der Waals surface area contributed by atoms with E-state index in [0.717, 1.165) is 0 Å². The summed E-state index contributed by atoms with van der Waals surface area (Å²) in [5.41, 5.74) is -0.603. The first-order valence-electron chi connectivity index (χ1n) is 12.4. The molecule has 28 heavy (non-hydrogen) atoms. The van der Waals surface area contributed by atoms with Crippen LogP contribution in [0.15, 0.2) is 42.4 Å². The second-order valence-electron chi connectivity index (χ2n) is 5.85. The highest BCUT2D eigenvalue weighted by Gasteiger charge is 2.43. The number of hydrogen-bond donors (Lipinski definition) is 4. The van der Waals surface area contributed by atoms with Gasteiger partial charge < -0.3 is 29.9 Å². The molecule has 0 aromatic heterocycles. The van der Waals surface area contributed by atoms with E-state index in [1.165, 1.54) is 0 Å². The van der Waals surface area contributed by atoms with Crippen LogP contribution in [0, 0.1) is 0 Å². The van der Waals surface area contributed by atoms with E-state index in [1.54, 1.807) is 31.2 Å². The maximum atomic E-state index is 10.8. The van der Waals surface area contributed by atoms with Crippen LogP contribution >= 0.6 is 11.6 Å². The van der Waals surface area contributed by atoms with Crippen LogP contribution in [0.2, 0.25) is 5.02 Å². The van der Waals surface area contributed by atoms with Gasteiger partial charge >= 0.3 is 0 Å². The molecule has 152 valence electrons. The third-order valence-electron chi connectivity index (χ3n) is 3.98.